The summed E-state index contributed by atoms with van der Waals surface area (Å²) in [5.74, 6) is -1.49. The fourth-order valence-electron chi connectivity index (χ4n) is 2.56. The molecule has 27 heavy (non-hydrogen) atoms. The predicted molar refractivity (Wildman–Crippen MR) is 93.2 cm³/mol. The lowest BCUT2D eigenvalue weighted by Crippen LogP contribution is -2.22. The highest BCUT2D eigenvalue weighted by atomic mass is 19.1. The van der Waals surface area contributed by atoms with E-state index in [1.165, 1.54) is 12.1 Å². The molecular formula is C19H19F2N3O3. The van der Waals surface area contributed by atoms with E-state index >= 15 is 0 Å². The summed E-state index contributed by atoms with van der Waals surface area (Å²) in [4.78, 5) is 12.2. The van der Waals surface area contributed by atoms with E-state index in [0.717, 1.165) is 29.9 Å². The lowest BCUT2D eigenvalue weighted by atomic mass is 10.2. The van der Waals surface area contributed by atoms with Gasteiger partial charge in [-0.25, -0.2) is 8.78 Å². The first-order valence-corrected chi connectivity index (χ1v) is 8.44. The Labute approximate surface area is 154 Å². The molecule has 0 saturated heterocycles. The zero-order valence-electron chi connectivity index (χ0n) is 15.0. The lowest BCUT2D eigenvalue weighted by Gasteiger charge is -2.06. The Morgan fingerprint density at radius 1 is 1.30 bits per heavy atom. The van der Waals surface area contributed by atoms with Gasteiger partial charge in [-0.3, -0.25) is 9.48 Å². The van der Waals surface area contributed by atoms with E-state index in [0.29, 0.717) is 12.3 Å². The van der Waals surface area contributed by atoms with Crippen LogP contribution in [-0.4, -0.2) is 15.7 Å². The van der Waals surface area contributed by atoms with Crippen molar-refractivity contribution in [2.45, 2.75) is 33.5 Å². The van der Waals surface area contributed by atoms with Crippen LogP contribution in [0.4, 0.5) is 8.78 Å². The molecule has 0 aliphatic rings. The maximum atomic E-state index is 13.5. The number of carbonyl (C=O) groups is 1. The molecular weight excluding hydrogens is 356 g/mol. The van der Waals surface area contributed by atoms with Gasteiger partial charge in [-0.05, 0) is 38.1 Å². The van der Waals surface area contributed by atoms with Gasteiger partial charge >= 0.3 is 0 Å². The zero-order chi connectivity index (χ0) is 19.4. The molecule has 3 rings (SSSR count). The van der Waals surface area contributed by atoms with E-state index in [-0.39, 0.29) is 24.0 Å². The van der Waals surface area contributed by atoms with Gasteiger partial charge in [-0.1, -0.05) is 0 Å². The van der Waals surface area contributed by atoms with Crippen LogP contribution in [0, 0.1) is 18.6 Å². The highest BCUT2D eigenvalue weighted by molar-refractivity contribution is 5.91. The average Bonchev–Trinajstić information content (AvgIpc) is 3.26. The van der Waals surface area contributed by atoms with Crippen molar-refractivity contribution in [3.05, 3.63) is 70.9 Å². The third-order valence-electron chi connectivity index (χ3n) is 4.09. The largest absolute Gasteiger partial charge is 0.483 e. The van der Waals surface area contributed by atoms with Gasteiger partial charge in [0.2, 0.25) is 0 Å². The number of hydrogen-bond donors (Lipinski definition) is 1. The first-order valence-electron chi connectivity index (χ1n) is 8.44. The van der Waals surface area contributed by atoms with Crippen LogP contribution >= 0.6 is 0 Å². The topological polar surface area (TPSA) is 69.3 Å². The minimum Gasteiger partial charge on any atom is -0.483 e. The molecule has 0 aliphatic heterocycles. The Morgan fingerprint density at radius 3 is 2.81 bits per heavy atom. The molecule has 0 atom stereocenters. The van der Waals surface area contributed by atoms with Crippen LogP contribution in [0.1, 0.15) is 34.5 Å². The molecule has 0 unspecified atom stereocenters. The van der Waals surface area contributed by atoms with Crippen LogP contribution in [-0.2, 0) is 19.7 Å². The quantitative estimate of drug-likeness (QED) is 0.685. The number of nitrogens with zero attached hydrogens (tertiary/aromatic N) is 2. The van der Waals surface area contributed by atoms with Gasteiger partial charge in [0.25, 0.3) is 5.91 Å². The fourth-order valence-corrected chi connectivity index (χ4v) is 2.56. The number of hydrogen-bond acceptors (Lipinski definition) is 4. The number of halogens is 2. The van der Waals surface area contributed by atoms with Crippen molar-refractivity contribution in [1.29, 1.82) is 0 Å². The van der Waals surface area contributed by atoms with Crippen LogP contribution in [0.5, 0.6) is 5.75 Å². The molecule has 2 aromatic heterocycles. The SMILES string of the molecule is CCn1ncc(CNC(=O)c2ccc(COc3ccc(F)cc3F)o2)c1C. The van der Waals surface area contributed by atoms with E-state index in [1.807, 2.05) is 18.5 Å². The molecule has 142 valence electrons. The number of furan rings is 1. The summed E-state index contributed by atoms with van der Waals surface area (Å²) in [5.41, 5.74) is 1.92. The minimum atomic E-state index is -0.803. The number of nitrogens with one attached hydrogen (secondary N) is 1. The zero-order valence-corrected chi connectivity index (χ0v) is 15.0. The standard InChI is InChI=1S/C19H19F2N3O3/c1-3-24-12(2)13(10-23-24)9-22-19(25)18-7-5-15(27-18)11-26-17-6-4-14(20)8-16(17)21/h4-8,10H,3,9,11H2,1-2H3,(H,22,25). The molecule has 0 aliphatic carbocycles. The van der Waals surface area contributed by atoms with Gasteiger partial charge in [0, 0.05) is 30.4 Å². The molecule has 1 aromatic carbocycles. The van der Waals surface area contributed by atoms with Crippen molar-refractivity contribution in [1.82, 2.24) is 15.1 Å². The van der Waals surface area contributed by atoms with Crippen molar-refractivity contribution in [3.8, 4) is 5.75 Å². The summed E-state index contributed by atoms with van der Waals surface area (Å²) in [6.45, 7) is 4.94. The van der Waals surface area contributed by atoms with Gasteiger partial charge in [-0.2, -0.15) is 5.10 Å². The van der Waals surface area contributed by atoms with Gasteiger partial charge in [0.15, 0.2) is 17.3 Å². The molecule has 1 N–H and O–H groups in total. The Hall–Kier alpha value is -3.16. The molecule has 0 spiro atoms. The second-order valence-corrected chi connectivity index (χ2v) is 5.88. The number of ether oxygens (including phenoxy) is 1. The van der Waals surface area contributed by atoms with Crippen molar-refractivity contribution >= 4 is 5.91 Å². The minimum absolute atomic E-state index is 0.0851. The van der Waals surface area contributed by atoms with Crippen LogP contribution in [0.25, 0.3) is 0 Å². The summed E-state index contributed by atoms with van der Waals surface area (Å²) in [5, 5.41) is 6.99. The number of aryl methyl sites for hydroxylation is 1. The van der Waals surface area contributed by atoms with Crippen LogP contribution in [0.15, 0.2) is 40.9 Å². The summed E-state index contributed by atoms with van der Waals surface area (Å²) in [6, 6.07) is 6.11. The van der Waals surface area contributed by atoms with Crippen LogP contribution < -0.4 is 10.1 Å². The molecule has 0 saturated carbocycles. The molecule has 8 heteroatoms. The average molecular weight is 375 g/mol. The Kier molecular flexibility index (Phi) is 5.54. The first kappa shape index (κ1) is 18.6. The lowest BCUT2D eigenvalue weighted by molar-refractivity contribution is 0.0919. The van der Waals surface area contributed by atoms with E-state index < -0.39 is 11.6 Å². The maximum Gasteiger partial charge on any atom is 0.287 e. The summed E-state index contributed by atoms with van der Waals surface area (Å²) in [7, 11) is 0. The van der Waals surface area contributed by atoms with Gasteiger partial charge in [-0.15, -0.1) is 0 Å². The van der Waals surface area contributed by atoms with Crippen LogP contribution in [0.2, 0.25) is 0 Å². The van der Waals surface area contributed by atoms with Gasteiger partial charge < -0.3 is 14.5 Å². The highest BCUT2D eigenvalue weighted by Crippen LogP contribution is 2.19. The van der Waals surface area contributed by atoms with E-state index in [2.05, 4.69) is 10.4 Å². The number of amides is 1. The number of benzene rings is 1. The van der Waals surface area contributed by atoms with Crippen molar-refractivity contribution in [2.24, 2.45) is 0 Å². The molecule has 0 fully saturated rings. The summed E-state index contributed by atoms with van der Waals surface area (Å²) < 4.78 is 38.9. The smallest absolute Gasteiger partial charge is 0.287 e. The van der Waals surface area contributed by atoms with Crippen LogP contribution in [0.3, 0.4) is 0 Å². The van der Waals surface area contributed by atoms with Crippen molar-refractivity contribution in [2.75, 3.05) is 0 Å². The van der Waals surface area contributed by atoms with E-state index in [1.54, 1.807) is 12.3 Å². The van der Waals surface area contributed by atoms with E-state index in [9.17, 15) is 13.6 Å². The number of aromatic nitrogens is 2. The second-order valence-electron chi connectivity index (χ2n) is 5.88. The molecule has 0 radical (unpaired) electrons. The number of carbonyl (C=O) groups excluding carboxylic acids is 1. The third kappa shape index (κ3) is 4.33. The first-order chi connectivity index (χ1) is 13.0. The van der Waals surface area contributed by atoms with Gasteiger partial charge in [0.1, 0.15) is 18.2 Å². The molecule has 2 heterocycles. The van der Waals surface area contributed by atoms with Crippen molar-refractivity contribution in [3.63, 3.8) is 0 Å². The Morgan fingerprint density at radius 2 is 2.11 bits per heavy atom. The maximum absolute atomic E-state index is 13.5. The second kappa shape index (κ2) is 8.03. The number of rotatable bonds is 7. The predicted octanol–water partition coefficient (Wildman–Crippen LogP) is 3.59. The molecule has 1 amide bonds. The molecule has 0 bridgehead atoms. The monoisotopic (exact) mass is 375 g/mol. The molecule has 3 aromatic rings. The van der Waals surface area contributed by atoms with Crippen molar-refractivity contribution < 1.29 is 22.7 Å². The fraction of sp³-hybridized carbons (Fsp3) is 0.263. The summed E-state index contributed by atoms with van der Waals surface area (Å²) >= 11 is 0. The Balaban J connectivity index is 1.56. The normalized spacial score (nSPS) is 10.8. The van der Waals surface area contributed by atoms with E-state index in [4.69, 9.17) is 9.15 Å². The highest BCUT2D eigenvalue weighted by Gasteiger charge is 2.14. The molecule has 6 nitrogen and oxygen atoms in total. The summed E-state index contributed by atoms with van der Waals surface area (Å²) in [6.07, 6.45) is 1.72. The third-order valence-corrected chi connectivity index (χ3v) is 4.09. The van der Waals surface area contributed by atoms with Gasteiger partial charge in [0.05, 0.1) is 6.20 Å². The Bertz CT molecular complexity index is 950.